The third-order valence-corrected chi connectivity index (χ3v) is 4.06. The van der Waals surface area contributed by atoms with Gasteiger partial charge in [0.2, 0.25) is 0 Å². The number of ketones is 1. The van der Waals surface area contributed by atoms with Crippen molar-refractivity contribution in [3.63, 3.8) is 0 Å². The Morgan fingerprint density at radius 1 is 1.12 bits per heavy atom. The molecule has 0 saturated heterocycles. The number of nitro benzene ring substituents is 1. The highest BCUT2D eigenvalue weighted by atomic mass is 16.6. The number of rotatable bonds is 6. The number of hydrogen-bond donors (Lipinski definition) is 0. The van der Waals surface area contributed by atoms with Crippen molar-refractivity contribution < 1.29 is 14.1 Å². The maximum atomic E-state index is 11.2. The maximum Gasteiger partial charge on any atom is 0.270 e. The molecule has 26 heavy (non-hydrogen) atoms. The molecule has 3 rings (SSSR count). The van der Waals surface area contributed by atoms with Crippen LogP contribution in [0.5, 0.6) is 0 Å². The van der Waals surface area contributed by atoms with Crippen LogP contribution in [0.25, 0.3) is 22.4 Å². The molecule has 0 unspecified atom stereocenters. The van der Waals surface area contributed by atoms with Crippen LogP contribution in [0.2, 0.25) is 0 Å². The standard InChI is InChI=1S/C20H18N2O4/c1-13(23)6-11-19-20(21-14(2)26-19)16-9-7-15(8-10-16)17-4-3-5-18(12-17)22(24)25/h3-5,7-10,12H,6,11H2,1-2H3. The SMILES string of the molecule is CC(=O)CCc1oc(C)nc1-c1ccc(-c2cccc([N+](=O)[O-])c2)cc1. The second-order valence-electron chi connectivity index (χ2n) is 6.09. The second kappa shape index (κ2) is 7.31. The van der Waals surface area contributed by atoms with Gasteiger partial charge in [-0.1, -0.05) is 36.4 Å². The fourth-order valence-corrected chi connectivity index (χ4v) is 2.77. The van der Waals surface area contributed by atoms with Gasteiger partial charge in [-0.25, -0.2) is 4.98 Å². The molecule has 0 bridgehead atoms. The number of nitro groups is 1. The summed E-state index contributed by atoms with van der Waals surface area (Å²) in [6.45, 7) is 3.33. The maximum absolute atomic E-state index is 11.2. The number of benzene rings is 2. The van der Waals surface area contributed by atoms with Crippen molar-refractivity contribution in [2.24, 2.45) is 0 Å². The van der Waals surface area contributed by atoms with Crippen LogP contribution in [0.1, 0.15) is 25.0 Å². The number of carbonyl (C=O) groups is 1. The number of carbonyl (C=O) groups excluding carboxylic acids is 1. The van der Waals surface area contributed by atoms with E-state index in [-0.39, 0.29) is 11.5 Å². The quantitative estimate of drug-likeness (QED) is 0.473. The van der Waals surface area contributed by atoms with E-state index in [1.165, 1.54) is 6.07 Å². The third kappa shape index (κ3) is 3.85. The van der Waals surface area contributed by atoms with E-state index in [1.807, 2.05) is 30.3 Å². The van der Waals surface area contributed by atoms with Crippen molar-refractivity contribution in [3.05, 3.63) is 70.3 Å². The smallest absolute Gasteiger partial charge is 0.270 e. The molecule has 6 nitrogen and oxygen atoms in total. The zero-order valence-electron chi connectivity index (χ0n) is 14.6. The first kappa shape index (κ1) is 17.5. The van der Waals surface area contributed by atoms with E-state index in [0.717, 1.165) is 22.4 Å². The normalized spacial score (nSPS) is 10.7. The van der Waals surface area contributed by atoms with Gasteiger partial charge >= 0.3 is 0 Å². The Kier molecular flexibility index (Phi) is 4.93. The van der Waals surface area contributed by atoms with Crippen molar-refractivity contribution in [2.45, 2.75) is 26.7 Å². The fraction of sp³-hybridized carbons (Fsp3) is 0.200. The molecule has 0 aliphatic carbocycles. The first-order valence-electron chi connectivity index (χ1n) is 8.25. The number of Topliss-reactive ketones (excluding diaryl/α,β-unsaturated/α-hetero) is 1. The van der Waals surface area contributed by atoms with Crippen LogP contribution in [0.15, 0.2) is 52.9 Å². The number of non-ortho nitro benzene ring substituents is 1. The number of aromatic nitrogens is 1. The Bertz CT molecular complexity index is 958. The van der Waals surface area contributed by atoms with Gasteiger partial charge in [-0.2, -0.15) is 0 Å². The van der Waals surface area contributed by atoms with Crippen LogP contribution in [0.3, 0.4) is 0 Å². The molecule has 0 aliphatic rings. The van der Waals surface area contributed by atoms with Gasteiger partial charge in [0.15, 0.2) is 5.89 Å². The highest BCUT2D eigenvalue weighted by Crippen LogP contribution is 2.29. The molecule has 0 N–H and O–H groups in total. The summed E-state index contributed by atoms with van der Waals surface area (Å²) in [6, 6.07) is 14.1. The van der Waals surface area contributed by atoms with E-state index in [1.54, 1.807) is 26.0 Å². The molecule has 0 atom stereocenters. The van der Waals surface area contributed by atoms with Crippen molar-refractivity contribution in [2.75, 3.05) is 0 Å². The molecule has 0 saturated carbocycles. The van der Waals surface area contributed by atoms with Crippen LogP contribution in [0, 0.1) is 17.0 Å². The summed E-state index contributed by atoms with van der Waals surface area (Å²) in [7, 11) is 0. The minimum atomic E-state index is -0.405. The van der Waals surface area contributed by atoms with Crippen LogP contribution in [0.4, 0.5) is 5.69 Å². The minimum absolute atomic E-state index is 0.0604. The summed E-state index contributed by atoms with van der Waals surface area (Å²) in [5.74, 6) is 1.35. The van der Waals surface area contributed by atoms with Gasteiger partial charge in [0.05, 0.1) is 4.92 Å². The van der Waals surface area contributed by atoms with Crippen LogP contribution in [-0.4, -0.2) is 15.7 Å². The Labute approximate surface area is 150 Å². The minimum Gasteiger partial charge on any atom is -0.445 e. The first-order valence-corrected chi connectivity index (χ1v) is 8.25. The number of hydrogen-bond acceptors (Lipinski definition) is 5. The largest absolute Gasteiger partial charge is 0.445 e. The molecule has 6 heteroatoms. The average molecular weight is 350 g/mol. The van der Waals surface area contributed by atoms with Gasteiger partial charge in [0, 0.05) is 37.5 Å². The number of aryl methyl sites for hydroxylation is 2. The lowest BCUT2D eigenvalue weighted by molar-refractivity contribution is -0.384. The van der Waals surface area contributed by atoms with E-state index in [9.17, 15) is 14.9 Å². The molecular formula is C20H18N2O4. The van der Waals surface area contributed by atoms with E-state index in [4.69, 9.17) is 4.42 Å². The zero-order valence-corrected chi connectivity index (χ0v) is 14.6. The molecule has 1 aromatic heterocycles. The van der Waals surface area contributed by atoms with Crippen molar-refractivity contribution in [1.29, 1.82) is 0 Å². The molecule has 0 fully saturated rings. The summed E-state index contributed by atoms with van der Waals surface area (Å²) in [6.07, 6.45) is 0.922. The lowest BCUT2D eigenvalue weighted by atomic mass is 10.0. The molecule has 132 valence electrons. The summed E-state index contributed by atoms with van der Waals surface area (Å²) in [5.41, 5.74) is 3.33. The van der Waals surface area contributed by atoms with E-state index in [0.29, 0.717) is 24.5 Å². The molecule has 0 aliphatic heterocycles. The molecule has 1 heterocycles. The number of nitrogens with zero attached hydrogens (tertiary/aromatic N) is 2. The molecule has 0 amide bonds. The van der Waals surface area contributed by atoms with Crippen molar-refractivity contribution in [1.82, 2.24) is 4.98 Å². The first-order chi connectivity index (χ1) is 12.4. The Morgan fingerprint density at radius 3 is 2.46 bits per heavy atom. The summed E-state index contributed by atoms with van der Waals surface area (Å²) in [4.78, 5) is 26.2. The van der Waals surface area contributed by atoms with Crippen LogP contribution in [-0.2, 0) is 11.2 Å². The lowest BCUT2D eigenvalue weighted by Crippen LogP contribution is -1.94. The lowest BCUT2D eigenvalue weighted by Gasteiger charge is -2.04. The second-order valence-corrected chi connectivity index (χ2v) is 6.09. The highest BCUT2D eigenvalue weighted by Gasteiger charge is 2.14. The molecule has 0 spiro atoms. The highest BCUT2D eigenvalue weighted by molar-refractivity contribution is 5.76. The Balaban J connectivity index is 1.90. The van der Waals surface area contributed by atoms with Gasteiger partial charge in [-0.3, -0.25) is 10.1 Å². The fourth-order valence-electron chi connectivity index (χ4n) is 2.77. The molecule has 0 radical (unpaired) electrons. The van der Waals surface area contributed by atoms with Crippen molar-refractivity contribution >= 4 is 11.5 Å². The van der Waals surface area contributed by atoms with Crippen LogP contribution >= 0.6 is 0 Å². The van der Waals surface area contributed by atoms with E-state index in [2.05, 4.69) is 4.98 Å². The predicted molar refractivity (Wildman–Crippen MR) is 97.8 cm³/mol. The van der Waals surface area contributed by atoms with E-state index >= 15 is 0 Å². The number of oxazole rings is 1. The van der Waals surface area contributed by atoms with Crippen molar-refractivity contribution in [3.8, 4) is 22.4 Å². The Morgan fingerprint density at radius 2 is 1.81 bits per heavy atom. The summed E-state index contributed by atoms with van der Waals surface area (Å²) < 4.78 is 5.64. The zero-order chi connectivity index (χ0) is 18.7. The van der Waals surface area contributed by atoms with Gasteiger partial charge in [0.25, 0.3) is 5.69 Å². The topological polar surface area (TPSA) is 86.2 Å². The summed E-state index contributed by atoms with van der Waals surface area (Å²) >= 11 is 0. The van der Waals surface area contributed by atoms with Gasteiger partial charge in [0.1, 0.15) is 17.2 Å². The summed E-state index contributed by atoms with van der Waals surface area (Å²) in [5, 5.41) is 10.9. The molecule has 3 aromatic rings. The van der Waals surface area contributed by atoms with Gasteiger partial charge < -0.3 is 9.21 Å². The van der Waals surface area contributed by atoms with Gasteiger partial charge in [-0.15, -0.1) is 0 Å². The third-order valence-electron chi connectivity index (χ3n) is 4.06. The average Bonchev–Trinajstić information content (AvgIpc) is 3.01. The van der Waals surface area contributed by atoms with Gasteiger partial charge in [-0.05, 0) is 18.1 Å². The van der Waals surface area contributed by atoms with Crippen LogP contribution < -0.4 is 0 Å². The Hall–Kier alpha value is -3.28. The predicted octanol–water partition coefficient (Wildman–Crippen LogP) is 4.75. The monoisotopic (exact) mass is 350 g/mol. The molecule has 2 aromatic carbocycles. The van der Waals surface area contributed by atoms with E-state index < -0.39 is 4.92 Å². The molecular weight excluding hydrogens is 332 g/mol.